The first kappa shape index (κ1) is 14.3. The van der Waals surface area contributed by atoms with Gasteiger partial charge >= 0.3 is 0 Å². The maximum absolute atomic E-state index is 12.5. The Hall–Kier alpha value is -0.130. The SMILES string of the molecule is NCC1CCCCN1S(=O)(=O)CC1CCCCC1. The quantitative estimate of drug-likeness (QED) is 0.849. The Morgan fingerprint density at radius 1 is 1.00 bits per heavy atom. The van der Waals surface area contributed by atoms with E-state index in [0.717, 1.165) is 32.1 Å². The first-order valence-electron chi connectivity index (χ1n) is 7.33. The van der Waals surface area contributed by atoms with E-state index in [1.54, 1.807) is 4.31 Å². The van der Waals surface area contributed by atoms with Gasteiger partial charge in [-0.3, -0.25) is 0 Å². The Kier molecular flexibility index (Phi) is 5.04. The van der Waals surface area contributed by atoms with E-state index in [1.165, 1.54) is 19.3 Å². The average Bonchev–Trinajstić information content (AvgIpc) is 2.39. The molecule has 106 valence electrons. The topological polar surface area (TPSA) is 63.4 Å². The molecule has 2 N–H and O–H groups in total. The van der Waals surface area contributed by atoms with Gasteiger partial charge in [-0.1, -0.05) is 25.7 Å². The van der Waals surface area contributed by atoms with Crippen molar-refractivity contribution in [1.82, 2.24) is 4.31 Å². The number of hydrogen-bond donors (Lipinski definition) is 1. The molecule has 2 aliphatic rings. The summed E-state index contributed by atoms with van der Waals surface area (Å²) >= 11 is 0. The highest BCUT2D eigenvalue weighted by Gasteiger charge is 2.33. The van der Waals surface area contributed by atoms with Gasteiger partial charge in [-0.15, -0.1) is 0 Å². The first-order chi connectivity index (χ1) is 8.63. The fourth-order valence-electron chi connectivity index (χ4n) is 3.32. The second-order valence-corrected chi connectivity index (χ2v) is 7.74. The molecule has 5 heteroatoms. The van der Waals surface area contributed by atoms with E-state index in [0.29, 0.717) is 24.8 Å². The summed E-state index contributed by atoms with van der Waals surface area (Å²) in [5.74, 6) is 0.729. The van der Waals surface area contributed by atoms with E-state index in [2.05, 4.69) is 0 Å². The minimum absolute atomic E-state index is 0.0485. The number of sulfonamides is 1. The van der Waals surface area contributed by atoms with Crippen LogP contribution in [0.2, 0.25) is 0 Å². The highest BCUT2D eigenvalue weighted by molar-refractivity contribution is 7.89. The predicted octanol–water partition coefficient (Wildman–Crippen LogP) is 1.71. The summed E-state index contributed by atoms with van der Waals surface area (Å²) in [5.41, 5.74) is 5.72. The molecule has 1 unspecified atom stereocenters. The number of nitrogens with two attached hydrogens (primary N) is 1. The summed E-state index contributed by atoms with van der Waals surface area (Å²) in [4.78, 5) is 0. The molecule has 1 atom stereocenters. The van der Waals surface area contributed by atoms with Gasteiger partial charge in [0, 0.05) is 19.1 Å². The number of rotatable bonds is 4. The molecule has 0 aromatic carbocycles. The molecule has 0 spiro atoms. The highest BCUT2D eigenvalue weighted by Crippen LogP contribution is 2.28. The maximum atomic E-state index is 12.5. The second-order valence-electron chi connectivity index (χ2n) is 5.78. The van der Waals surface area contributed by atoms with Crippen LogP contribution in [0, 0.1) is 5.92 Å². The molecule has 1 heterocycles. The van der Waals surface area contributed by atoms with Gasteiger partial charge in [-0.25, -0.2) is 8.42 Å². The molecule has 0 aromatic heterocycles. The molecule has 1 saturated heterocycles. The van der Waals surface area contributed by atoms with Gasteiger partial charge in [0.25, 0.3) is 0 Å². The molecule has 1 aliphatic carbocycles. The van der Waals surface area contributed by atoms with E-state index in [1.807, 2.05) is 0 Å². The standard InChI is InChI=1S/C13H26N2O2S/c14-10-13-8-4-5-9-15(13)18(16,17)11-12-6-2-1-3-7-12/h12-13H,1-11,14H2. The molecule has 1 aliphatic heterocycles. The van der Waals surface area contributed by atoms with Gasteiger partial charge < -0.3 is 5.73 Å². The fraction of sp³-hybridized carbons (Fsp3) is 1.00. The van der Waals surface area contributed by atoms with Crippen LogP contribution in [0.15, 0.2) is 0 Å². The first-order valence-corrected chi connectivity index (χ1v) is 8.94. The normalized spacial score (nSPS) is 28.4. The molecule has 0 radical (unpaired) electrons. The lowest BCUT2D eigenvalue weighted by atomic mass is 9.91. The third-order valence-electron chi connectivity index (χ3n) is 4.37. The van der Waals surface area contributed by atoms with Crippen LogP contribution in [-0.2, 0) is 10.0 Å². The van der Waals surface area contributed by atoms with Gasteiger partial charge in [0.05, 0.1) is 5.75 Å². The molecule has 1 saturated carbocycles. The lowest BCUT2D eigenvalue weighted by Gasteiger charge is -2.35. The molecule has 18 heavy (non-hydrogen) atoms. The molecule has 2 fully saturated rings. The summed E-state index contributed by atoms with van der Waals surface area (Å²) in [6.45, 7) is 1.14. The van der Waals surface area contributed by atoms with E-state index < -0.39 is 10.0 Å². The van der Waals surface area contributed by atoms with Crippen LogP contribution < -0.4 is 5.73 Å². The van der Waals surface area contributed by atoms with Crippen molar-refractivity contribution in [2.45, 2.75) is 57.4 Å². The Morgan fingerprint density at radius 2 is 1.67 bits per heavy atom. The van der Waals surface area contributed by atoms with Crippen molar-refractivity contribution in [3.8, 4) is 0 Å². The Morgan fingerprint density at radius 3 is 2.33 bits per heavy atom. The minimum atomic E-state index is -3.09. The van der Waals surface area contributed by atoms with Gasteiger partial charge in [-0.05, 0) is 31.6 Å². The van der Waals surface area contributed by atoms with E-state index in [4.69, 9.17) is 5.73 Å². The number of hydrogen-bond acceptors (Lipinski definition) is 3. The van der Waals surface area contributed by atoms with Crippen molar-refractivity contribution in [2.24, 2.45) is 11.7 Å². The van der Waals surface area contributed by atoms with Crippen LogP contribution in [0.25, 0.3) is 0 Å². The smallest absolute Gasteiger partial charge is 0.214 e. The summed E-state index contributed by atoms with van der Waals surface area (Å²) < 4.78 is 26.7. The van der Waals surface area contributed by atoms with E-state index >= 15 is 0 Å². The summed E-state index contributed by atoms with van der Waals surface area (Å²) in [7, 11) is -3.09. The molecule has 0 aromatic rings. The zero-order valence-corrected chi connectivity index (χ0v) is 12.0. The number of nitrogens with zero attached hydrogens (tertiary/aromatic N) is 1. The zero-order chi connectivity index (χ0) is 13.0. The van der Waals surface area contributed by atoms with Gasteiger partial charge in [0.1, 0.15) is 0 Å². The third-order valence-corrected chi connectivity index (χ3v) is 6.46. The van der Waals surface area contributed by atoms with Crippen molar-refractivity contribution in [1.29, 1.82) is 0 Å². The third kappa shape index (κ3) is 3.45. The van der Waals surface area contributed by atoms with Crippen molar-refractivity contribution in [3.63, 3.8) is 0 Å². The van der Waals surface area contributed by atoms with Crippen LogP contribution in [0.1, 0.15) is 51.4 Å². The van der Waals surface area contributed by atoms with Crippen LogP contribution in [0.4, 0.5) is 0 Å². The van der Waals surface area contributed by atoms with Crippen LogP contribution in [-0.4, -0.2) is 37.6 Å². The largest absolute Gasteiger partial charge is 0.329 e. The van der Waals surface area contributed by atoms with Gasteiger partial charge in [0.2, 0.25) is 10.0 Å². The van der Waals surface area contributed by atoms with Crippen LogP contribution in [0.3, 0.4) is 0 Å². The fourth-order valence-corrected chi connectivity index (χ4v) is 5.50. The van der Waals surface area contributed by atoms with Crippen molar-refractivity contribution >= 4 is 10.0 Å². The van der Waals surface area contributed by atoms with Crippen molar-refractivity contribution in [2.75, 3.05) is 18.8 Å². The molecule has 4 nitrogen and oxygen atoms in total. The second kappa shape index (κ2) is 6.35. The van der Waals surface area contributed by atoms with Crippen molar-refractivity contribution in [3.05, 3.63) is 0 Å². The predicted molar refractivity (Wildman–Crippen MR) is 73.8 cm³/mol. The van der Waals surface area contributed by atoms with Gasteiger partial charge in [0.15, 0.2) is 0 Å². The highest BCUT2D eigenvalue weighted by atomic mass is 32.2. The van der Waals surface area contributed by atoms with E-state index in [9.17, 15) is 8.42 Å². The van der Waals surface area contributed by atoms with Crippen molar-refractivity contribution < 1.29 is 8.42 Å². The lowest BCUT2D eigenvalue weighted by Crippen LogP contribution is -2.48. The average molecular weight is 274 g/mol. The summed E-state index contributed by atoms with van der Waals surface area (Å²) in [5, 5.41) is 0. The minimum Gasteiger partial charge on any atom is -0.329 e. The molecule has 0 bridgehead atoms. The Bertz CT molecular complexity index is 350. The Balaban J connectivity index is 1.99. The van der Waals surface area contributed by atoms with E-state index in [-0.39, 0.29) is 6.04 Å². The molecule has 2 rings (SSSR count). The molecular formula is C13H26N2O2S. The van der Waals surface area contributed by atoms with Crippen LogP contribution in [0.5, 0.6) is 0 Å². The van der Waals surface area contributed by atoms with Gasteiger partial charge in [-0.2, -0.15) is 4.31 Å². The van der Waals surface area contributed by atoms with Crippen LogP contribution >= 0.6 is 0 Å². The molecular weight excluding hydrogens is 248 g/mol. The summed E-state index contributed by atoms with van der Waals surface area (Å²) in [6.07, 6.45) is 8.85. The monoisotopic (exact) mass is 274 g/mol. The Labute approximate surface area is 111 Å². The zero-order valence-electron chi connectivity index (χ0n) is 11.2. The summed E-state index contributed by atoms with van der Waals surface area (Å²) in [6, 6.07) is 0.0485. The molecule has 0 amide bonds. The number of piperidine rings is 1. The maximum Gasteiger partial charge on any atom is 0.214 e. The lowest BCUT2D eigenvalue weighted by molar-refractivity contribution is 0.254.